The van der Waals surface area contributed by atoms with Crippen LogP contribution in [0.2, 0.25) is 0 Å². The van der Waals surface area contributed by atoms with Gasteiger partial charge in [0.1, 0.15) is 31.6 Å². The topological polar surface area (TPSA) is 241 Å². The van der Waals surface area contributed by atoms with Gasteiger partial charge in [-0.25, -0.2) is 34.9 Å². The van der Waals surface area contributed by atoms with Gasteiger partial charge in [-0.05, 0) is 48.5 Å². The van der Waals surface area contributed by atoms with Crippen molar-refractivity contribution in [2.24, 2.45) is 0 Å². The van der Waals surface area contributed by atoms with E-state index in [9.17, 15) is 0 Å². The maximum Gasteiger partial charge on any atom is 0.180 e. The van der Waals surface area contributed by atoms with Crippen molar-refractivity contribution in [3.63, 3.8) is 0 Å². The Balaban J connectivity index is 0.000000306. The van der Waals surface area contributed by atoms with E-state index in [2.05, 4.69) is 89.6 Å². The van der Waals surface area contributed by atoms with E-state index in [1.807, 2.05) is 66.3 Å². The Morgan fingerprint density at radius 1 is 0.382 bits per heavy atom. The van der Waals surface area contributed by atoms with Crippen LogP contribution < -0.4 is 0 Å². The molecule has 280 valence electrons. The third-order valence-electron chi connectivity index (χ3n) is 4.41. The predicted octanol–water partition coefficient (Wildman–Crippen LogP) is 6.03. The van der Waals surface area contributed by atoms with Crippen molar-refractivity contribution in [1.29, 1.82) is 0 Å². The van der Waals surface area contributed by atoms with Crippen LogP contribution in [0.25, 0.3) is 0 Å². The summed E-state index contributed by atoms with van der Waals surface area (Å²) in [6, 6.07) is 16.9. The number of pyridine rings is 1. The maximum absolute atomic E-state index is 4.47. The van der Waals surface area contributed by atoms with E-state index >= 15 is 0 Å². The first-order chi connectivity index (χ1) is 27.5. The molecule has 0 saturated heterocycles. The minimum Gasteiger partial charge on any atom is -0.452 e. The SMILES string of the molecule is c1c[nH]cn1.c1cc[nH]c1.c1ccncc1.c1ccnnc1.c1cn[nH]c1.c1cnccn1.c1cncnc1.c1cocn1.c1cscn1.c1ncncn1. The summed E-state index contributed by atoms with van der Waals surface area (Å²) in [4.78, 5) is 45.8. The molecule has 3 N–H and O–H groups in total. The Labute approximate surface area is 321 Å². The lowest BCUT2D eigenvalue weighted by Crippen LogP contribution is -1.73. The van der Waals surface area contributed by atoms with Crippen LogP contribution in [0.15, 0.2) is 226 Å². The highest BCUT2D eigenvalue weighted by molar-refractivity contribution is 7.07. The molecular weight excluding hydrogens is 719 g/mol. The first-order valence-electron chi connectivity index (χ1n) is 15.6. The summed E-state index contributed by atoms with van der Waals surface area (Å²) >= 11 is 1.60. The third-order valence-corrected chi connectivity index (χ3v) is 4.93. The van der Waals surface area contributed by atoms with Gasteiger partial charge < -0.3 is 14.4 Å². The summed E-state index contributed by atoms with van der Waals surface area (Å²) in [6.07, 6.45) is 41.1. The fourth-order valence-corrected chi connectivity index (χ4v) is 2.69. The highest BCUT2D eigenvalue weighted by Gasteiger charge is 1.63. The van der Waals surface area contributed by atoms with E-state index in [0.29, 0.717) is 0 Å². The van der Waals surface area contributed by atoms with Gasteiger partial charge in [-0.2, -0.15) is 15.3 Å². The minimum absolute atomic E-state index is 1.38. The van der Waals surface area contributed by atoms with Gasteiger partial charge in [-0.15, -0.1) is 11.3 Å². The number of hydrogen-bond acceptors (Lipinski definition) is 16. The second-order valence-electron chi connectivity index (χ2n) is 8.29. The molecule has 10 aromatic rings. The molecule has 18 nitrogen and oxygen atoms in total. The Morgan fingerprint density at radius 2 is 1.00 bits per heavy atom. The first-order valence-corrected chi connectivity index (χ1v) is 16.5. The van der Waals surface area contributed by atoms with Crippen LogP contribution in [0.5, 0.6) is 0 Å². The van der Waals surface area contributed by atoms with Crippen molar-refractivity contribution < 1.29 is 4.42 Å². The maximum atomic E-state index is 4.47. The highest BCUT2D eigenvalue weighted by atomic mass is 32.1. The quantitative estimate of drug-likeness (QED) is 0.160. The number of oxazole rings is 1. The number of nitrogens with one attached hydrogen (secondary N) is 3. The molecule has 0 spiro atoms. The molecule has 0 amide bonds. The zero-order valence-electron chi connectivity index (χ0n) is 29.4. The van der Waals surface area contributed by atoms with Crippen LogP contribution in [0.1, 0.15) is 0 Å². The third kappa shape index (κ3) is 40.3. The molecule has 0 aliphatic rings. The summed E-state index contributed by atoms with van der Waals surface area (Å²) in [7, 11) is 0. The van der Waals surface area contributed by atoms with Crippen LogP contribution in [0.4, 0.5) is 0 Å². The number of aromatic amines is 3. The lowest BCUT2D eigenvalue weighted by atomic mass is 10.5. The largest absolute Gasteiger partial charge is 0.452 e. The van der Waals surface area contributed by atoms with Crippen LogP contribution in [-0.4, -0.2) is 85.2 Å². The lowest BCUT2D eigenvalue weighted by Gasteiger charge is -1.70. The molecule has 0 atom stereocenters. The van der Waals surface area contributed by atoms with Crippen LogP contribution >= 0.6 is 11.3 Å². The highest BCUT2D eigenvalue weighted by Crippen LogP contribution is 1.86. The molecule has 0 fully saturated rings. The molecule has 10 rings (SSSR count). The smallest absolute Gasteiger partial charge is 0.180 e. The summed E-state index contributed by atoms with van der Waals surface area (Å²) in [5.41, 5.74) is 1.79. The van der Waals surface area contributed by atoms with E-state index in [4.69, 9.17) is 0 Å². The van der Waals surface area contributed by atoms with Crippen LogP contribution in [0, 0.1) is 0 Å². The molecule has 0 saturated carbocycles. The molecule has 55 heavy (non-hydrogen) atoms. The van der Waals surface area contributed by atoms with E-state index in [1.165, 1.54) is 38.0 Å². The zero-order chi connectivity index (χ0) is 38.9. The van der Waals surface area contributed by atoms with Gasteiger partial charge in [0.05, 0.1) is 18.0 Å². The van der Waals surface area contributed by atoms with Crippen molar-refractivity contribution in [2.45, 2.75) is 0 Å². The summed E-state index contributed by atoms with van der Waals surface area (Å²) < 4.78 is 4.47. The number of rotatable bonds is 0. The molecule has 0 aliphatic carbocycles. The van der Waals surface area contributed by atoms with Gasteiger partial charge in [0, 0.05) is 111 Å². The summed E-state index contributed by atoms with van der Waals surface area (Å²) in [5, 5.41) is 15.2. The number of imidazole rings is 1. The van der Waals surface area contributed by atoms with E-state index in [-0.39, 0.29) is 0 Å². The molecule has 10 heterocycles. The van der Waals surface area contributed by atoms with Crippen molar-refractivity contribution in [3.8, 4) is 0 Å². The number of nitrogens with zero attached hydrogens (tertiary/aromatic N) is 14. The second-order valence-corrected chi connectivity index (χ2v) is 9.05. The molecule has 0 aromatic carbocycles. The van der Waals surface area contributed by atoms with Crippen molar-refractivity contribution in [2.75, 3.05) is 0 Å². The zero-order valence-corrected chi connectivity index (χ0v) is 30.2. The Hall–Kier alpha value is -8.06. The Bertz CT molecular complexity index is 1330. The van der Waals surface area contributed by atoms with Crippen molar-refractivity contribution in [3.05, 3.63) is 221 Å². The monoisotopic (exact) mass is 757 g/mol. The lowest BCUT2D eigenvalue weighted by molar-refractivity contribution is 0.558. The Morgan fingerprint density at radius 3 is 1.18 bits per heavy atom. The van der Waals surface area contributed by atoms with E-state index in [1.54, 1.807) is 128 Å². The number of aromatic nitrogens is 17. The minimum atomic E-state index is 1.38. The van der Waals surface area contributed by atoms with Gasteiger partial charge in [0.25, 0.3) is 0 Å². The number of hydrogen-bond donors (Lipinski definition) is 3. The normalized spacial score (nSPS) is 8.00. The van der Waals surface area contributed by atoms with Gasteiger partial charge in [-0.3, -0.25) is 25.0 Å². The molecule has 0 aliphatic heterocycles. The average molecular weight is 758 g/mol. The summed E-state index contributed by atoms with van der Waals surface area (Å²) in [5.74, 6) is 0. The summed E-state index contributed by atoms with van der Waals surface area (Å²) in [6.45, 7) is 0. The molecule has 10 aromatic heterocycles. The van der Waals surface area contributed by atoms with E-state index < -0.39 is 0 Å². The average Bonchev–Trinajstić information content (AvgIpc) is 4.17. The predicted molar refractivity (Wildman–Crippen MR) is 207 cm³/mol. The standard InChI is InChI=1S/C5H5N.3C4H4N2.C4H5N.C3H3N3.2C3H4N2.C3H3NO.C3H3NS/c1-2-4-6-5-3-1;1-2-6-4-3-5-1;1-2-5-4-6-3-1;1-2-4-6-5-3-1;1-2-4-5-3-1;1-4-2-6-3-5-1;1-2-5-3-4-1;1-2-4-5-3-1;2*1-2-5-3-4-1/h1-5H;3*1-4H;1-5H;1-3H;2*1-3H,(H,4,5);2*1-3H. The van der Waals surface area contributed by atoms with Crippen molar-refractivity contribution in [1.82, 2.24) is 85.2 Å². The number of thiazole rings is 1. The van der Waals surface area contributed by atoms with Gasteiger partial charge in [0.15, 0.2) is 6.39 Å². The molecule has 0 unspecified atom stereocenters. The fourth-order valence-electron chi connectivity index (χ4n) is 2.34. The van der Waals surface area contributed by atoms with Crippen LogP contribution in [-0.2, 0) is 0 Å². The molecule has 0 bridgehead atoms. The molecule has 0 radical (unpaired) electrons. The number of H-pyrrole nitrogens is 3. The van der Waals surface area contributed by atoms with Gasteiger partial charge in [0.2, 0.25) is 0 Å². The first kappa shape index (κ1) is 45.0. The van der Waals surface area contributed by atoms with Gasteiger partial charge >= 0.3 is 0 Å². The molecule has 19 heteroatoms. The van der Waals surface area contributed by atoms with Crippen LogP contribution in [0.3, 0.4) is 0 Å². The van der Waals surface area contributed by atoms with Gasteiger partial charge in [-0.1, -0.05) is 6.07 Å². The Kier molecular flexibility index (Phi) is 34.4. The van der Waals surface area contributed by atoms with E-state index in [0.717, 1.165) is 0 Å². The second kappa shape index (κ2) is 42.1. The van der Waals surface area contributed by atoms with Crippen molar-refractivity contribution >= 4 is 11.3 Å². The molecular formula is C36H39N17OS. The fraction of sp³-hybridized carbons (Fsp3) is 0.